The maximum Gasteiger partial charge on any atom is 0.256 e. The number of fused-ring (bicyclic) bond motifs is 2. The number of nitrogens with zero attached hydrogens (tertiary/aromatic N) is 3. The molecule has 2 aromatic carbocycles. The molecule has 2 amide bonds. The minimum Gasteiger partial charge on any atom is -0.487 e. The Morgan fingerprint density at radius 3 is 2.77 bits per heavy atom. The molecule has 0 spiro atoms. The molecule has 174 valence electrons. The summed E-state index contributed by atoms with van der Waals surface area (Å²) in [6.07, 6.45) is 1.72. The number of ether oxygens (including phenoxy) is 1. The molecule has 2 N–H and O–H groups in total. The summed E-state index contributed by atoms with van der Waals surface area (Å²) in [7, 11) is 1.80. The van der Waals surface area contributed by atoms with Crippen LogP contribution >= 0.6 is 0 Å². The number of carbonyl (C=O) groups excluding carboxylic acids is 2. The lowest BCUT2D eigenvalue weighted by atomic mass is 9.98. The summed E-state index contributed by atoms with van der Waals surface area (Å²) in [5, 5.41) is 6.97. The van der Waals surface area contributed by atoms with Crippen LogP contribution in [0.2, 0.25) is 0 Å². The Balaban J connectivity index is 1.31. The topological polar surface area (TPSA) is 96.5 Å². The molecule has 8 heteroatoms. The summed E-state index contributed by atoms with van der Waals surface area (Å²) in [5.41, 5.74) is 4.59. The van der Waals surface area contributed by atoms with E-state index in [1.807, 2.05) is 42.5 Å². The van der Waals surface area contributed by atoms with E-state index in [9.17, 15) is 9.59 Å². The fourth-order valence-corrected chi connectivity index (χ4v) is 4.37. The van der Waals surface area contributed by atoms with E-state index in [2.05, 4.69) is 20.6 Å². The van der Waals surface area contributed by atoms with E-state index in [-0.39, 0.29) is 17.9 Å². The predicted octanol–water partition coefficient (Wildman–Crippen LogP) is 3.49. The van der Waals surface area contributed by atoms with Crippen molar-refractivity contribution in [2.75, 3.05) is 25.5 Å². The molecule has 4 heterocycles. The number of carbonyl (C=O) groups is 2. The molecule has 0 bridgehead atoms. The Morgan fingerprint density at radius 2 is 1.94 bits per heavy atom. The summed E-state index contributed by atoms with van der Waals surface area (Å²) < 4.78 is 6.25. The predicted molar refractivity (Wildman–Crippen MR) is 132 cm³/mol. The number of amides is 2. The van der Waals surface area contributed by atoms with Gasteiger partial charge in [-0.2, -0.15) is 0 Å². The Bertz CT molecular complexity index is 1480. The standard InChI is InChI=1S/C27H23N5O3/c1-32-15-19-11-17(4-8-22(19)27(32)34)21-7-5-18(12-23(21)35-20-13-28-14-20)26(33)31-24-9-6-16-3-2-10-29-25(16)30-24/h2-12,20,28H,13-15H2,1H3,(H,29,30,31,33). The van der Waals surface area contributed by atoms with Crippen molar-refractivity contribution in [2.45, 2.75) is 12.6 Å². The SMILES string of the molecule is CN1Cc2cc(-c3ccc(C(=O)Nc4ccc5cccnc5n4)cc3OC3CNC3)ccc2C1=O. The maximum absolute atomic E-state index is 13.1. The smallest absolute Gasteiger partial charge is 0.256 e. The Morgan fingerprint density at radius 1 is 1.09 bits per heavy atom. The fraction of sp³-hybridized carbons (Fsp3) is 0.185. The number of hydrogen-bond donors (Lipinski definition) is 2. The van der Waals surface area contributed by atoms with Gasteiger partial charge in [-0.25, -0.2) is 9.97 Å². The van der Waals surface area contributed by atoms with Gasteiger partial charge in [0.25, 0.3) is 11.8 Å². The minimum atomic E-state index is -0.280. The first kappa shape index (κ1) is 21.2. The van der Waals surface area contributed by atoms with Gasteiger partial charge in [0.2, 0.25) is 0 Å². The lowest BCUT2D eigenvalue weighted by Crippen LogP contribution is -2.50. The van der Waals surface area contributed by atoms with E-state index in [0.717, 1.165) is 40.7 Å². The van der Waals surface area contributed by atoms with Gasteiger partial charge in [-0.3, -0.25) is 9.59 Å². The van der Waals surface area contributed by atoms with Gasteiger partial charge in [0.15, 0.2) is 5.65 Å². The van der Waals surface area contributed by atoms with Crippen molar-refractivity contribution in [1.82, 2.24) is 20.2 Å². The second-order valence-electron chi connectivity index (χ2n) is 8.84. The van der Waals surface area contributed by atoms with Gasteiger partial charge in [0.1, 0.15) is 17.7 Å². The number of pyridine rings is 2. The van der Waals surface area contributed by atoms with Crippen LogP contribution in [0.1, 0.15) is 26.3 Å². The largest absolute Gasteiger partial charge is 0.487 e. The van der Waals surface area contributed by atoms with Crippen LogP contribution in [-0.4, -0.2) is 52.9 Å². The third-order valence-electron chi connectivity index (χ3n) is 6.39. The van der Waals surface area contributed by atoms with Crippen LogP contribution in [0.3, 0.4) is 0 Å². The molecule has 0 saturated carbocycles. The molecule has 2 aromatic heterocycles. The Hall–Kier alpha value is -4.30. The zero-order chi connectivity index (χ0) is 23.9. The highest BCUT2D eigenvalue weighted by Gasteiger charge is 2.26. The minimum absolute atomic E-state index is 0.0353. The van der Waals surface area contributed by atoms with Gasteiger partial charge >= 0.3 is 0 Å². The first-order chi connectivity index (χ1) is 17.0. The molecule has 0 unspecified atom stereocenters. The Kier molecular flexibility index (Phi) is 5.15. The van der Waals surface area contributed by atoms with Gasteiger partial charge in [0, 0.05) is 55.0 Å². The number of aromatic nitrogens is 2. The second kappa shape index (κ2) is 8.48. The molecule has 4 aromatic rings. The first-order valence-electron chi connectivity index (χ1n) is 11.5. The van der Waals surface area contributed by atoms with Crippen molar-refractivity contribution >= 4 is 28.7 Å². The molecular formula is C27H23N5O3. The molecule has 0 atom stereocenters. The maximum atomic E-state index is 13.1. The van der Waals surface area contributed by atoms with Gasteiger partial charge in [-0.1, -0.05) is 6.07 Å². The van der Waals surface area contributed by atoms with Gasteiger partial charge in [-0.05, 0) is 65.7 Å². The summed E-state index contributed by atoms with van der Waals surface area (Å²) >= 11 is 0. The fourth-order valence-electron chi connectivity index (χ4n) is 4.37. The van der Waals surface area contributed by atoms with Crippen LogP contribution in [0.15, 0.2) is 66.9 Å². The summed E-state index contributed by atoms with van der Waals surface area (Å²) in [6, 6.07) is 18.7. The lowest BCUT2D eigenvalue weighted by Gasteiger charge is -2.29. The van der Waals surface area contributed by atoms with E-state index in [0.29, 0.717) is 29.3 Å². The quantitative estimate of drug-likeness (QED) is 0.469. The molecule has 2 aliphatic heterocycles. The van der Waals surface area contributed by atoms with E-state index in [1.54, 1.807) is 36.3 Å². The number of hydrogen-bond acceptors (Lipinski definition) is 6. The zero-order valence-electron chi connectivity index (χ0n) is 19.1. The molecule has 1 saturated heterocycles. The molecule has 0 radical (unpaired) electrons. The lowest BCUT2D eigenvalue weighted by molar-refractivity contribution is 0.0816. The van der Waals surface area contributed by atoms with Crippen LogP contribution < -0.4 is 15.4 Å². The molecule has 2 aliphatic rings. The van der Waals surface area contributed by atoms with Crippen molar-refractivity contribution in [3.63, 3.8) is 0 Å². The van der Waals surface area contributed by atoms with Crippen LogP contribution in [0.4, 0.5) is 5.82 Å². The van der Waals surface area contributed by atoms with Crippen LogP contribution in [0, 0.1) is 0 Å². The Labute approximate surface area is 202 Å². The third-order valence-corrected chi connectivity index (χ3v) is 6.39. The zero-order valence-corrected chi connectivity index (χ0v) is 19.1. The molecule has 35 heavy (non-hydrogen) atoms. The highest BCUT2D eigenvalue weighted by molar-refractivity contribution is 6.05. The van der Waals surface area contributed by atoms with E-state index in [4.69, 9.17) is 4.74 Å². The molecule has 8 nitrogen and oxygen atoms in total. The van der Waals surface area contributed by atoms with Gasteiger partial charge in [0.05, 0.1) is 0 Å². The average Bonchev–Trinajstić information content (AvgIpc) is 3.13. The normalized spacial score (nSPS) is 15.1. The van der Waals surface area contributed by atoms with Gasteiger partial charge in [-0.15, -0.1) is 0 Å². The number of benzene rings is 2. The summed E-state index contributed by atoms with van der Waals surface area (Å²) in [6.45, 7) is 2.10. The van der Waals surface area contributed by atoms with Crippen LogP contribution in [0.5, 0.6) is 5.75 Å². The second-order valence-corrected chi connectivity index (χ2v) is 8.84. The van der Waals surface area contributed by atoms with Crippen molar-refractivity contribution in [2.24, 2.45) is 0 Å². The third kappa shape index (κ3) is 3.98. The number of nitrogens with one attached hydrogen (secondary N) is 2. The van der Waals surface area contributed by atoms with Crippen molar-refractivity contribution in [3.05, 3.63) is 83.6 Å². The first-order valence-corrected chi connectivity index (χ1v) is 11.5. The van der Waals surface area contributed by atoms with Crippen molar-refractivity contribution in [3.8, 4) is 16.9 Å². The highest BCUT2D eigenvalue weighted by atomic mass is 16.5. The number of anilines is 1. The van der Waals surface area contributed by atoms with Crippen LogP contribution in [-0.2, 0) is 6.54 Å². The average molecular weight is 466 g/mol. The van der Waals surface area contributed by atoms with E-state index < -0.39 is 0 Å². The van der Waals surface area contributed by atoms with E-state index >= 15 is 0 Å². The monoisotopic (exact) mass is 465 g/mol. The van der Waals surface area contributed by atoms with Crippen LogP contribution in [0.25, 0.3) is 22.2 Å². The summed E-state index contributed by atoms with van der Waals surface area (Å²) in [4.78, 5) is 35.7. The number of rotatable bonds is 5. The molecule has 0 aliphatic carbocycles. The van der Waals surface area contributed by atoms with Crippen molar-refractivity contribution in [1.29, 1.82) is 0 Å². The molecule has 6 rings (SSSR count). The summed E-state index contributed by atoms with van der Waals surface area (Å²) in [5.74, 6) is 0.823. The highest BCUT2D eigenvalue weighted by Crippen LogP contribution is 2.35. The van der Waals surface area contributed by atoms with Crippen molar-refractivity contribution < 1.29 is 14.3 Å². The van der Waals surface area contributed by atoms with E-state index in [1.165, 1.54) is 0 Å². The molecular weight excluding hydrogens is 442 g/mol. The van der Waals surface area contributed by atoms with Gasteiger partial charge < -0.3 is 20.3 Å². The molecule has 1 fully saturated rings.